The summed E-state index contributed by atoms with van der Waals surface area (Å²) in [7, 11) is 1.66. The van der Waals surface area contributed by atoms with Crippen molar-refractivity contribution in [2.75, 3.05) is 39.1 Å². The number of nitrogens with one attached hydrogen (secondary N) is 1. The van der Waals surface area contributed by atoms with Crippen LogP contribution >= 0.6 is 11.6 Å². The van der Waals surface area contributed by atoms with Crippen LogP contribution in [0.4, 0.5) is 10.1 Å². The lowest BCUT2D eigenvalue weighted by atomic mass is 9.97. The smallest absolute Gasteiger partial charge is 0.255 e. The summed E-state index contributed by atoms with van der Waals surface area (Å²) in [6.07, 6.45) is 2.02. The van der Waals surface area contributed by atoms with Crippen molar-refractivity contribution in [3.63, 3.8) is 0 Å². The monoisotopic (exact) mass is 505 g/mol. The van der Waals surface area contributed by atoms with Crippen molar-refractivity contribution < 1.29 is 23.4 Å². The molecule has 2 aliphatic rings. The predicted octanol–water partition coefficient (Wildman–Crippen LogP) is 4.06. The Morgan fingerprint density at radius 1 is 1.34 bits per heavy atom. The number of benzene rings is 2. The number of carbonyl (C=O) groups is 1. The van der Waals surface area contributed by atoms with Gasteiger partial charge in [-0.2, -0.15) is 0 Å². The van der Waals surface area contributed by atoms with Gasteiger partial charge in [-0.3, -0.25) is 4.79 Å². The van der Waals surface area contributed by atoms with Crippen LogP contribution in [0.1, 0.15) is 42.6 Å². The van der Waals surface area contributed by atoms with Crippen LogP contribution in [-0.4, -0.2) is 61.9 Å². The number of hydrogen-bond acceptors (Lipinski definition) is 6. The van der Waals surface area contributed by atoms with Crippen LogP contribution in [0.3, 0.4) is 0 Å². The maximum Gasteiger partial charge on any atom is 0.255 e. The van der Waals surface area contributed by atoms with E-state index in [4.69, 9.17) is 31.5 Å². The van der Waals surface area contributed by atoms with Gasteiger partial charge in [-0.05, 0) is 57.0 Å². The Kier molecular flexibility index (Phi) is 7.73. The van der Waals surface area contributed by atoms with Crippen LogP contribution in [0.15, 0.2) is 30.3 Å². The molecule has 9 heteroatoms. The molecule has 0 spiro atoms. The fourth-order valence-electron chi connectivity index (χ4n) is 4.74. The van der Waals surface area contributed by atoms with Gasteiger partial charge in [0.05, 0.1) is 35.0 Å². The maximum atomic E-state index is 13.3. The highest BCUT2D eigenvalue weighted by Gasteiger charge is 2.37. The molecule has 1 amide bonds. The average molecular weight is 506 g/mol. The molecule has 2 aliphatic heterocycles. The molecule has 0 unspecified atom stereocenters. The summed E-state index contributed by atoms with van der Waals surface area (Å²) in [4.78, 5) is 15.6. The van der Waals surface area contributed by atoms with E-state index in [2.05, 4.69) is 10.2 Å². The standard InChI is InChI=1S/C26H33ClFN3O4/c1-26(2)14-19-23(29)20(27)13-18(24(19)35-26)25(32)30-21-9-11-31(15-22(21)33-3)10-4-12-34-17-7-5-16(28)6-8-17/h5-8,13,21-22H,4,9-12,14-15,29H2,1-3H3,(H,30,32)/t21-,22+/m0/s1. The average Bonchev–Trinajstić information content (AvgIpc) is 3.16. The van der Waals surface area contributed by atoms with Gasteiger partial charge >= 0.3 is 0 Å². The molecule has 0 saturated carbocycles. The highest BCUT2D eigenvalue weighted by atomic mass is 35.5. The van der Waals surface area contributed by atoms with Crippen LogP contribution in [0.2, 0.25) is 5.02 Å². The zero-order valence-electron chi connectivity index (χ0n) is 20.4. The summed E-state index contributed by atoms with van der Waals surface area (Å²) in [5.41, 5.74) is 7.37. The third-order valence-electron chi connectivity index (χ3n) is 6.56. The number of nitrogen functional groups attached to an aromatic ring is 1. The Morgan fingerprint density at radius 2 is 2.09 bits per heavy atom. The second-order valence-corrected chi connectivity index (χ2v) is 10.2. The van der Waals surface area contributed by atoms with Crippen molar-refractivity contribution in [1.82, 2.24) is 10.2 Å². The third-order valence-corrected chi connectivity index (χ3v) is 6.87. The van der Waals surface area contributed by atoms with E-state index < -0.39 is 5.60 Å². The molecule has 3 N–H and O–H groups in total. The SMILES string of the molecule is CO[C@@H]1CN(CCCOc2ccc(F)cc2)CC[C@@H]1NC(=O)c1cc(Cl)c(N)c2c1OC(C)(C)C2. The van der Waals surface area contributed by atoms with E-state index >= 15 is 0 Å². The topological polar surface area (TPSA) is 86.1 Å². The fraction of sp³-hybridized carbons (Fsp3) is 0.500. The molecule has 0 aliphatic carbocycles. The van der Waals surface area contributed by atoms with E-state index in [1.165, 1.54) is 12.1 Å². The number of halogens is 2. The molecule has 190 valence electrons. The third kappa shape index (κ3) is 6.00. The molecule has 1 fully saturated rings. The van der Waals surface area contributed by atoms with E-state index in [0.29, 0.717) is 47.3 Å². The van der Waals surface area contributed by atoms with Crippen LogP contribution in [0.25, 0.3) is 0 Å². The minimum Gasteiger partial charge on any atom is -0.494 e. The highest BCUT2D eigenvalue weighted by Crippen LogP contribution is 2.44. The van der Waals surface area contributed by atoms with Gasteiger partial charge in [-0.25, -0.2) is 4.39 Å². The first kappa shape index (κ1) is 25.5. The highest BCUT2D eigenvalue weighted by molar-refractivity contribution is 6.33. The summed E-state index contributed by atoms with van der Waals surface area (Å²) < 4.78 is 30.5. The molecular formula is C26H33ClFN3O4. The van der Waals surface area contributed by atoms with Gasteiger partial charge in [0.25, 0.3) is 5.91 Å². The zero-order valence-corrected chi connectivity index (χ0v) is 21.2. The van der Waals surface area contributed by atoms with Crippen LogP contribution < -0.4 is 20.5 Å². The lowest BCUT2D eigenvalue weighted by molar-refractivity contribution is 0.00523. The normalized spacial score (nSPS) is 21.3. The predicted molar refractivity (Wildman–Crippen MR) is 134 cm³/mol. The Bertz CT molecular complexity index is 1060. The minimum atomic E-state index is -0.447. The van der Waals surface area contributed by atoms with Gasteiger partial charge < -0.3 is 30.2 Å². The molecule has 0 radical (unpaired) electrons. The minimum absolute atomic E-state index is 0.138. The van der Waals surface area contributed by atoms with Gasteiger partial charge in [-0.15, -0.1) is 0 Å². The van der Waals surface area contributed by atoms with Gasteiger partial charge in [0, 0.05) is 38.7 Å². The van der Waals surface area contributed by atoms with Crippen molar-refractivity contribution in [1.29, 1.82) is 0 Å². The lowest BCUT2D eigenvalue weighted by Gasteiger charge is -2.38. The number of likely N-dealkylation sites (tertiary alicyclic amines) is 1. The van der Waals surface area contributed by atoms with Crippen molar-refractivity contribution in [3.8, 4) is 11.5 Å². The Hall–Kier alpha value is -2.55. The summed E-state index contributed by atoms with van der Waals surface area (Å²) >= 11 is 6.34. The number of methoxy groups -OCH3 is 1. The van der Waals surface area contributed by atoms with Crippen LogP contribution in [0, 0.1) is 5.82 Å². The first-order chi connectivity index (χ1) is 16.7. The molecule has 0 bridgehead atoms. The first-order valence-electron chi connectivity index (χ1n) is 11.9. The van der Waals surface area contributed by atoms with Crippen molar-refractivity contribution in [2.24, 2.45) is 0 Å². The van der Waals surface area contributed by atoms with Crippen LogP contribution in [-0.2, 0) is 11.2 Å². The van der Waals surface area contributed by atoms with Crippen molar-refractivity contribution in [3.05, 3.63) is 52.3 Å². The van der Waals surface area contributed by atoms with E-state index in [1.807, 2.05) is 13.8 Å². The summed E-state index contributed by atoms with van der Waals surface area (Å²) in [6, 6.07) is 7.47. The maximum absolute atomic E-state index is 13.3. The van der Waals surface area contributed by atoms with Gasteiger partial charge in [0.2, 0.25) is 0 Å². The first-order valence-corrected chi connectivity index (χ1v) is 12.3. The van der Waals surface area contributed by atoms with E-state index in [-0.39, 0.29) is 23.9 Å². The second-order valence-electron chi connectivity index (χ2n) is 9.77. The molecule has 2 aromatic rings. The zero-order chi connectivity index (χ0) is 25.2. The van der Waals surface area contributed by atoms with E-state index in [1.54, 1.807) is 25.3 Å². The number of piperidine rings is 1. The number of amides is 1. The second kappa shape index (κ2) is 10.6. The number of ether oxygens (including phenoxy) is 3. The molecule has 0 aromatic heterocycles. The number of nitrogens with two attached hydrogens (primary N) is 1. The molecule has 4 rings (SSSR count). The van der Waals surface area contributed by atoms with Crippen molar-refractivity contribution >= 4 is 23.2 Å². The molecular weight excluding hydrogens is 473 g/mol. The number of hydrogen-bond donors (Lipinski definition) is 2. The largest absolute Gasteiger partial charge is 0.494 e. The molecule has 7 nitrogen and oxygen atoms in total. The van der Waals surface area contributed by atoms with Gasteiger partial charge in [0.1, 0.15) is 22.9 Å². The Balaban J connectivity index is 1.32. The fourth-order valence-corrected chi connectivity index (χ4v) is 4.96. The number of fused-ring (bicyclic) bond motifs is 1. The van der Waals surface area contributed by atoms with Crippen molar-refractivity contribution in [2.45, 2.75) is 50.9 Å². The quantitative estimate of drug-likeness (QED) is 0.415. The lowest BCUT2D eigenvalue weighted by Crippen LogP contribution is -2.55. The molecule has 35 heavy (non-hydrogen) atoms. The number of carbonyl (C=O) groups excluding carboxylic acids is 1. The molecule has 2 aromatic carbocycles. The van der Waals surface area contributed by atoms with E-state index in [0.717, 1.165) is 31.5 Å². The van der Waals surface area contributed by atoms with Gasteiger partial charge in [-0.1, -0.05) is 11.6 Å². The number of nitrogens with zero attached hydrogens (tertiary/aromatic N) is 1. The molecule has 2 atom stereocenters. The Morgan fingerprint density at radius 3 is 2.80 bits per heavy atom. The number of anilines is 1. The molecule has 1 saturated heterocycles. The Labute approximate surface area is 210 Å². The number of rotatable bonds is 8. The molecule has 2 heterocycles. The summed E-state index contributed by atoms with van der Waals surface area (Å²) in [5.74, 6) is 0.651. The van der Waals surface area contributed by atoms with Gasteiger partial charge in [0.15, 0.2) is 0 Å². The van der Waals surface area contributed by atoms with E-state index in [9.17, 15) is 9.18 Å². The van der Waals surface area contributed by atoms with Crippen LogP contribution in [0.5, 0.6) is 11.5 Å². The summed E-state index contributed by atoms with van der Waals surface area (Å²) in [6.45, 7) is 6.82. The summed E-state index contributed by atoms with van der Waals surface area (Å²) in [5, 5.41) is 3.49.